The standard InChI is InChI=1S/C18H17BrN2O4/c1-11-6-4-5-7-13(11)17-20-25-18(22)21(17)10-12-8-9-14(23-2)16(24-3)15(12)19/h4-9H,10H2,1-3H3. The molecule has 2 aromatic carbocycles. The Morgan fingerprint density at radius 3 is 2.60 bits per heavy atom. The first-order valence-electron chi connectivity index (χ1n) is 7.58. The van der Waals surface area contributed by atoms with Crippen LogP contribution in [0, 0.1) is 6.92 Å². The molecule has 0 unspecified atom stereocenters. The van der Waals surface area contributed by atoms with Crippen LogP contribution in [0.4, 0.5) is 0 Å². The van der Waals surface area contributed by atoms with Crippen molar-refractivity contribution in [3.63, 3.8) is 0 Å². The summed E-state index contributed by atoms with van der Waals surface area (Å²) in [7, 11) is 3.14. The minimum Gasteiger partial charge on any atom is -0.493 e. The minimum absolute atomic E-state index is 0.285. The Balaban J connectivity index is 2.07. The fourth-order valence-corrected chi connectivity index (χ4v) is 3.26. The molecule has 1 heterocycles. The lowest BCUT2D eigenvalue weighted by molar-refractivity contribution is 0.352. The molecule has 0 aliphatic heterocycles. The number of halogens is 1. The topological polar surface area (TPSA) is 66.5 Å². The van der Waals surface area contributed by atoms with Crippen molar-refractivity contribution in [1.29, 1.82) is 0 Å². The van der Waals surface area contributed by atoms with Gasteiger partial charge in [0.05, 0.1) is 25.2 Å². The first kappa shape index (κ1) is 17.3. The van der Waals surface area contributed by atoms with Gasteiger partial charge >= 0.3 is 5.76 Å². The molecule has 0 N–H and O–H groups in total. The largest absolute Gasteiger partial charge is 0.493 e. The van der Waals surface area contributed by atoms with Crippen molar-refractivity contribution in [2.45, 2.75) is 13.5 Å². The molecule has 7 heteroatoms. The predicted molar refractivity (Wildman–Crippen MR) is 97.3 cm³/mol. The molecule has 0 fully saturated rings. The summed E-state index contributed by atoms with van der Waals surface area (Å²) in [4.78, 5) is 12.2. The van der Waals surface area contributed by atoms with Gasteiger partial charge in [0.25, 0.3) is 0 Å². The van der Waals surface area contributed by atoms with Crippen LogP contribution >= 0.6 is 15.9 Å². The zero-order valence-electron chi connectivity index (χ0n) is 14.1. The zero-order chi connectivity index (χ0) is 18.0. The van der Waals surface area contributed by atoms with Crippen molar-refractivity contribution >= 4 is 15.9 Å². The van der Waals surface area contributed by atoms with Crippen molar-refractivity contribution in [2.24, 2.45) is 0 Å². The van der Waals surface area contributed by atoms with E-state index in [0.717, 1.165) is 21.2 Å². The van der Waals surface area contributed by atoms with Gasteiger partial charge < -0.3 is 9.47 Å². The molecular weight excluding hydrogens is 388 g/mol. The number of aromatic nitrogens is 2. The first-order valence-corrected chi connectivity index (χ1v) is 8.38. The van der Waals surface area contributed by atoms with E-state index in [1.54, 1.807) is 20.3 Å². The van der Waals surface area contributed by atoms with E-state index < -0.39 is 5.76 Å². The monoisotopic (exact) mass is 404 g/mol. The number of hydrogen-bond donors (Lipinski definition) is 0. The molecule has 0 amide bonds. The van der Waals surface area contributed by atoms with E-state index in [1.807, 2.05) is 37.3 Å². The summed E-state index contributed by atoms with van der Waals surface area (Å²) in [6, 6.07) is 11.4. The number of aryl methyl sites for hydroxylation is 1. The van der Waals surface area contributed by atoms with Gasteiger partial charge in [-0.2, -0.15) is 0 Å². The molecular formula is C18H17BrN2O4. The highest BCUT2D eigenvalue weighted by molar-refractivity contribution is 9.10. The second-order valence-electron chi connectivity index (χ2n) is 5.45. The average Bonchev–Trinajstić information content (AvgIpc) is 2.97. The highest BCUT2D eigenvalue weighted by Gasteiger charge is 2.18. The molecule has 0 atom stereocenters. The van der Waals surface area contributed by atoms with E-state index >= 15 is 0 Å². The van der Waals surface area contributed by atoms with Crippen LogP contribution in [0.15, 0.2) is 50.2 Å². The van der Waals surface area contributed by atoms with Crippen molar-refractivity contribution < 1.29 is 14.0 Å². The van der Waals surface area contributed by atoms with E-state index in [2.05, 4.69) is 21.1 Å². The predicted octanol–water partition coefficient (Wildman–Crippen LogP) is 3.64. The van der Waals surface area contributed by atoms with Gasteiger partial charge in [0.15, 0.2) is 17.3 Å². The van der Waals surface area contributed by atoms with E-state index in [9.17, 15) is 4.79 Å². The van der Waals surface area contributed by atoms with E-state index in [4.69, 9.17) is 14.0 Å². The van der Waals surface area contributed by atoms with E-state index in [0.29, 0.717) is 17.3 Å². The lowest BCUT2D eigenvalue weighted by Crippen LogP contribution is -2.17. The van der Waals surface area contributed by atoms with Crippen molar-refractivity contribution in [3.8, 4) is 22.9 Å². The Hall–Kier alpha value is -2.54. The van der Waals surface area contributed by atoms with Gasteiger partial charge in [-0.1, -0.05) is 35.5 Å². The van der Waals surface area contributed by atoms with E-state index in [1.165, 1.54) is 4.57 Å². The van der Waals surface area contributed by atoms with Crippen LogP contribution in [0.3, 0.4) is 0 Å². The third-order valence-corrected chi connectivity index (χ3v) is 4.84. The molecule has 1 aromatic heterocycles. The van der Waals surface area contributed by atoms with Crippen LogP contribution in [0.5, 0.6) is 11.5 Å². The molecule has 3 rings (SSSR count). The van der Waals surface area contributed by atoms with E-state index in [-0.39, 0.29) is 6.54 Å². The number of nitrogens with zero attached hydrogens (tertiary/aromatic N) is 2. The molecule has 0 aliphatic carbocycles. The van der Waals surface area contributed by atoms with Gasteiger partial charge in [-0.05, 0) is 40.0 Å². The summed E-state index contributed by atoms with van der Waals surface area (Å²) in [6.45, 7) is 2.25. The Labute approximate surface area is 153 Å². The Bertz CT molecular complexity index is 962. The summed E-state index contributed by atoms with van der Waals surface area (Å²) < 4.78 is 17.8. The number of ether oxygens (including phenoxy) is 2. The third kappa shape index (κ3) is 3.19. The van der Waals surface area contributed by atoms with Crippen molar-refractivity contribution in [2.75, 3.05) is 14.2 Å². The summed E-state index contributed by atoms with van der Waals surface area (Å²) in [5, 5.41) is 3.95. The normalized spacial score (nSPS) is 10.7. The first-order chi connectivity index (χ1) is 12.1. The number of rotatable bonds is 5. The van der Waals surface area contributed by atoms with Crippen LogP contribution in [0.1, 0.15) is 11.1 Å². The van der Waals surface area contributed by atoms with Crippen LogP contribution in [-0.4, -0.2) is 23.9 Å². The lowest BCUT2D eigenvalue weighted by atomic mass is 10.1. The zero-order valence-corrected chi connectivity index (χ0v) is 15.7. The van der Waals surface area contributed by atoms with Gasteiger partial charge in [0.1, 0.15) is 0 Å². The molecule has 25 heavy (non-hydrogen) atoms. The highest BCUT2D eigenvalue weighted by atomic mass is 79.9. The maximum atomic E-state index is 12.2. The van der Waals surface area contributed by atoms with Gasteiger partial charge in [0, 0.05) is 5.56 Å². The molecule has 3 aromatic rings. The smallest absolute Gasteiger partial charge is 0.442 e. The molecule has 0 saturated carbocycles. The summed E-state index contributed by atoms with van der Waals surface area (Å²) >= 11 is 3.53. The van der Waals surface area contributed by atoms with Gasteiger partial charge in [-0.25, -0.2) is 4.79 Å². The van der Waals surface area contributed by atoms with Crippen LogP contribution in [-0.2, 0) is 6.54 Å². The van der Waals surface area contributed by atoms with Gasteiger partial charge in [-0.15, -0.1) is 0 Å². The van der Waals surface area contributed by atoms with Gasteiger partial charge in [-0.3, -0.25) is 9.09 Å². The number of methoxy groups -OCH3 is 2. The Morgan fingerprint density at radius 1 is 1.16 bits per heavy atom. The molecule has 130 valence electrons. The van der Waals surface area contributed by atoms with Crippen molar-refractivity contribution in [1.82, 2.24) is 9.72 Å². The fraction of sp³-hybridized carbons (Fsp3) is 0.222. The molecule has 0 aliphatic rings. The quantitative estimate of drug-likeness (QED) is 0.649. The minimum atomic E-state index is -0.514. The molecule has 0 spiro atoms. The fourth-order valence-electron chi connectivity index (χ4n) is 2.65. The lowest BCUT2D eigenvalue weighted by Gasteiger charge is -2.14. The maximum absolute atomic E-state index is 12.2. The van der Waals surface area contributed by atoms with Gasteiger partial charge in [0.2, 0.25) is 0 Å². The molecule has 6 nitrogen and oxygen atoms in total. The number of benzene rings is 2. The molecule has 0 radical (unpaired) electrons. The molecule has 0 bridgehead atoms. The summed E-state index contributed by atoms with van der Waals surface area (Å²) in [5.41, 5.74) is 2.71. The summed E-state index contributed by atoms with van der Waals surface area (Å²) in [5.74, 6) is 1.15. The molecule has 0 saturated heterocycles. The number of hydrogen-bond acceptors (Lipinski definition) is 5. The third-order valence-electron chi connectivity index (χ3n) is 3.97. The Kier molecular flexibility index (Phi) is 4.94. The van der Waals surface area contributed by atoms with Crippen LogP contribution in [0.2, 0.25) is 0 Å². The average molecular weight is 405 g/mol. The van der Waals surface area contributed by atoms with Crippen LogP contribution in [0.25, 0.3) is 11.4 Å². The second-order valence-corrected chi connectivity index (χ2v) is 6.24. The summed E-state index contributed by atoms with van der Waals surface area (Å²) in [6.07, 6.45) is 0. The second kappa shape index (κ2) is 7.14. The SMILES string of the molecule is COc1ccc(Cn2c(-c3ccccc3C)noc2=O)c(Br)c1OC. The maximum Gasteiger partial charge on any atom is 0.442 e. The highest BCUT2D eigenvalue weighted by Crippen LogP contribution is 2.38. The Morgan fingerprint density at radius 2 is 1.92 bits per heavy atom. The van der Waals surface area contributed by atoms with Crippen molar-refractivity contribution in [3.05, 3.63) is 62.5 Å². The van der Waals surface area contributed by atoms with Crippen LogP contribution < -0.4 is 15.2 Å².